The molecule has 0 bridgehead atoms. The van der Waals surface area contributed by atoms with E-state index in [1.165, 1.54) is 5.56 Å². The SMILES string of the molecule is CC(C)c1ccccc1OCCN1CCNC1=O. The molecule has 18 heavy (non-hydrogen) atoms. The number of urea groups is 1. The molecule has 1 heterocycles. The van der Waals surface area contributed by atoms with Gasteiger partial charge in [0.2, 0.25) is 0 Å². The van der Waals surface area contributed by atoms with Crippen LogP contribution in [0.2, 0.25) is 0 Å². The number of nitrogens with one attached hydrogen (secondary N) is 1. The zero-order valence-electron chi connectivity index (χ0n) is 11.0. The van der Waals surface area contributed by atoms with Gasteiger partial charge < -0.3 is 15.0 Å². The number of rotatable bonds is 5. The predicted molar refractivity (Wildman–Crippen MR) is 71.0 cm³/mol. The number of benzene rings is 1. The van der Waals surface area contributed by atoms with Crippen LogP contribution < -0.4 is 10.1 Å². The van der Waals surface area contributed by atoms with Crippen molar-refractivity contribution in [3.63, 3.8) is 0 Å². The van der Waals surface area contributed by atoms with Crippen molar-refractivity contribution in [3.8, 4) is 5.75 Å². The highest BCUT2D eigenvalue weighted by molar-refractivity contribution is 5.76. The molecule has 1 N–H and O–H groups in total. The van der Waals surface area contributed by atoms with Crippen LogP contribution in [0.25, 0.3) is 0 Å². The summed E-state index contributed by atoms with van der Waals surface area (Å²) in [5, 5.41) is 2.78. The molecule has 1 fully saturated rings. The Morgan fingerprint density at radius 1 is 1.39 bits per heavy atom. The van der Waals surface area contributed by atoms with E-state index in [-0.39, 0.29) is 6.03 Å². The average Bonchev–Trinajstić information content (AvgIpc) is 2.76. The fourth-order valence-electron chi connectivity index (χ4n) is 2.08. The second kappa shape index (κ2) is 5.76. The summed E-state index contributed by atoms with van der Waals surface area (Å²) in [7, 11) is 0. The zero-order chi connectivity index (χ0) is 13.0. The zero-order valence-corrected chi connectivity index (χ0v) is 11.0. The molecule has 1 aliphatic rings. The molecule has 1 aromatic rings. The molecule has 0 aliphatic carbocycles. The molecule has 1 saturated heterocycles. The van der Waals surface area contributed by atoms with Crippen molar-refractivity contribution in [3.05, 3.63) is 29.8 Å². The lowest BCUT2D eigenvalue weighted by molar-refractivity contribution is 0.202. The fourth-order valence-corrected chi connectivity index (χ4v) is 2.08. The minimum absolute atomic E-state index is 0.00995. The minimum Gasteiger partial charge on any atom is -0.491 e. The lowest BCUT2D eigenvalue weighted by atomic mass is 10.0. The van der Waals surface area contributed by atoms with E-state index >= 15 is 0 Å². The summed E-state index contributed by atoms with van der Waals surface area (Å²) in [6.07, 6.45) is 0. The van der Waals surface area contributed by atoms with E-state index in [2.05, 4.69) is 25.2 Å². The number of para-hydroxylation sites is 1. The molecule has 0 unspecified atom stereocenters. The Hall–Kier alpha value is -1.71. The van der Waals surface area contributed by atoms with E-state index in [0.717, 1.165) is 18.8 Å². The van der Waals surface area contributed by atoms with Crippen LogP contribution in [0.5, 0.6) is 5.75 Å². The Morgan fingerprint density at radius 3 is 2.83 bits per heavy atom. The number of amides is 2. The van der Waals surface area contributed by atoms with Crippen LogP contribution in [0, 0.1) is 0 Å². The first-order valence-electron chi connectivity index (χ1n) is 6.43. The largest absolute Gasteiger partial charge is 0.491 e. The number of carbonyl (C=O) groups excluding carboxylic acids is 1. The maximum atomic E-state index is 11.4. The van der Waals surface area contributed by atoms with Crippen molar-refractivity contribution in [2.24, 2.45) is 0 Å². The summed E-state index contributed by atoms with van der Waals surface area (Å²) < 4.78 is 5.79. The van der Waals surface area contributed by atoms with E-state index in [1.807, 2.05) is 18.2 Å². The number of ether oxygens (including phenoxy) is 1. The van der Waals surface area contributed by atoms with Crippen molar-refractivity contribution in [1.82, 2.24) is 10.2 Å². The van der Waals surface area contributed by atoms with Crippen molar-refractivity contribution < 1.29 is 9.53 Å². The number of hydrogen-bond donors (Lipinski definition) is 1. The lowest BCUT2D eigenvalue weighted by Gasteiger charge is -2.17. The first-order chi connectivity index (χ1) is 8.68. The minimum atomic E-state index is 0.00995. The Labute approximate surface area is 108 Å². The smallest absolute Gasteiger partial charge is 0.317 e. The third-order valence-electron chi connectivity index (χ3n) is 3.10. The molecule has 2 rings (SSSR count). The van der Waals surface area contributed by atoms with E-state index in [0.29, 0.717) is 19.1 Å². The molecule has 0 spiro atoms. The summed E-state index contributed by atoms with van der Waals surface area (Å²) in [5.74, 6) is 1.36. The molecule has 4 nitrogen and oxygen atoms in total. The van der Waals surface area contributed by atoms with Crippen molar-refractivity contribution >= 4 is 6.03 Å². The van der Waals surface area contributed by atoms with Crippen LogP contribution in [0.4, 0.5) is 4.79 Å². The second-order valence-corrected chi connectivity index (χ2v) is 4.76. The van der Waals surface area contributed by atoms with Crippen LogP contribution in [-0.2, 0) is 0 Å². The topological polar surface area (TPSA) is 41.6 Å². The van der Waals surface area contributed by atoms with E-state index < -0.39 is 0 Å². The molecule has 0 aromatic heterocycles. The normalized spacial score (nSPS) is 15.1. The van der Waals surface area contributed by atoms with Gasteiger partial charge in [0, 0.05) is 13.1 Å². The Morgan fingerprint density at radius 2 is 2.17 bits per heavy atom. The van der Waals surface area contributed by atoms with Gasteiger partial charge in [0.1, 0.15) is 12.4 Å². The van der Waals surface area contributed by atoms with Crippen LogP contribution in [0.15, 0.2) is 24.3 Å². The first-order valence-corrected chi connectivity index (χ1v) is 6.43. The molecule has 2 amide bonds. The van der Waals surface area contributed by atoms with Crippen LogP contribution in [-0.4, -0.2) is 37.2 Å². The van der Waals surface area contributed by atoms with Crippen molar-refractivity contribution in [2.75, 3.05) is 26.2 Å². The van der Waals surface area contributed by atoms with Crippen LogP contribution in [0.1, 0.15) is 25.3 Å². The summed E-state index contributed by atoms with van der Waals surface area (Å²) in [6, 6.07) is 8.08. The molecule has 0 radical (unpaired) electrons. The van der Waals surface area contributed by atoms with Crippen molar-refractivity contribution in [1.29, 1.82) is 0 Å². The number of nitrogens with zero attached hydrogens (tertiary/aromatic N) is 1. The fraction of sp³-hybridized carbons (Fsp3) is 0.500. The Kier molecular flexibility index (Phi) is 4.07. The van der Waals surface area contributed by atoms with Gasteiger partial charge in [0.15, 0.2) is 0 Å². The van der Waals surface area contributed by atoms with Gasteiger partial charge in [-0.15, -0.1) is 0 Å². The van der Waals surface area contributed by atoms with Crippen LogP contribution >= 0.6 is 0 Å². The highest BCUT2D eigenvalue weighted by Crippen LogP contribution is 2.25. The van der Waals surface area contributed by atoms with Gasteiger partial charge in [-0.3, -0.25) is 0 Å². The van der Waals surface area contributed by atoms with E-state index in [4.69, 9.17) is 4.74 Å². The standard InChI is InChI=1S/C14H20N2O2/c1-11(2)12-5-3-4-6-13(12)18-10-9-16-8-7-15-14(16)17/h3-6,11H,7-10H2,1-2H3,(H,15,17). The summed E-state index contributed by atoms with van der Waals surface area (Å²) in [4.78, 5) is 13.1. The third kappa shape index (κ3) is 2.94. The molecule has 0 atom stereocenters. The molecule has 0 saturated carbocycles. The summed E-state index contributed by atoms with van der Waals surface area (Å²) in [5.41, 5.74) is 1.21. The second-order valence-electron chi connectivity index (χ2n) is 4.76. The highest BCUT2D eigenvalue weighted by Gasteiger charge is 2.18. The number of carbonyl (C=O) groups is 1. The summed E-state index contributed by atoms with van der Waals surface area (Å²) >= 11 is 0. The average molecular weight is 248 g/mol. The molecule has 1 aliphatic heterocycles. The number of hydrogen-bond acceptors (Lipinski definition) is 2. The van der Waals surface area contributed by atoms with Gasteiger partial charge in [-0.25, -0.2) is 4.79 Å². The van der Waals surface area contributed by atoms with Gasteiger partial charge in [0.25, 0.3) is 0 Å². The highest BCUT2D eigenvalue weighted by atomic mass is 16.5. The van der Waals surface area contributed by atoms with E-state index in [1.54, 1.807) is 4.90 Å². The Balaban J connectivity index is 1.88. The summed E-state index contributed by atoms with van der Waals surface area (Å²) in [6.45, 7) is 6.98. The molecule has 4 heteroatoms. The third-order valence-corrected chi connectivity index (χ3v) is 3.10. The quantitative estimate of drug-likeness (QED) is 0.868. The van der Waals surface area contributed by atoms with Gasteiger partial charge in [0.05, 0.1) is 6.54 Å². The first kappa shape index (κ1) is 12.7. The maximum Gasteiger partial charge on any atom is 0.317 e. The Bertz CT molecular complexity index is 418. The molecular formula is C14H20N2O2. The van der Waals surface area contributed by atoms with Gasteiger partial charge in [-0.1, -0.05) is 32.0 Å². The van der Waals surface area contributed by atoms with E-state index in [9.17, 15) is 4.79 Å². The van der Waals surface area contributed by atoms with Gasteiger partial charge >= 0.3 is 6.03 Å². The molecule has 1 aromatic carbocycles. The van der Waals surface area contributed by atoms with Gasteiger partial charge in [-0.05, 0) is 17.5 Å². The van der Waals surface area contributed by atoms with Crippen LogP contribution in [0.3, 0.4) is 0 Å². The van der Waals surface area contributed by atoms with Gasteiger partial charge in [-0.2, -0.15) is 0 Å². The lowest BCUT2D eigenvalue weighted by Crippen LogP contribution is -2.31. The van der Waals surface area contributed by atoms with Crippen molar-refractivity contribution in [2.45, 2.75) is 19.8 Å². The molecule has 98 valence electrons. The predicted octanol–water partition coefficient (Wildman–Crippen LogP) is 2.21. The monoisotopic (exact) mass is 248 g/mol. The maximum absolute atomic E-state index is 11.4. The molecular weight excluding hydrogens is 228 g/mol.